The van der Waals surface area contributed by atoms with Crippen molar-refractivity contribution in [1.82, 2.24) is 5.32 Å². The van der Waals surface area contributed by atoms with Crippen LogP contribution < -0.4 is 10.6 Å². The van der Waals surface area contributed by atoms with Crippen molar-refractivity contribution in [2.75, 3.05) is 25.6 Å². The maximum absolute atomic E-state index is 12.4. The van der Waals surface area contributed by atoms with Crippen LogP contribution in [0.5, 0.6) is 0 Å². The molecule has 0 spiro atoms. The first-order valence-electron chi connectivity index (χ1n) is 6.91. The van der Waals surface area contributed by atoms with E-state index in [1.807, 2.05) is 25.1 Å². The minimum absolute atomic E-state index is 0.00412. The fourth-order valence-electron chi connectivity index (χ4n) is 2.45. The fraction of sp³-hybridized carbons (Fsp3) is 0.533. The number of hydrogen-bond acceptors (Lipinski definition) is 3. The van der Waals surface area contributed by atoms with Gasteiger partial charge in [0.25, 0.3) is 5.91 Å². The number of anilines is 1. The fourth-order valence-corrected chi connectivity index (χ4v) is 2.45. The highest BCUT2D eigenvalue weighted by Gasteiger charge is 2.19. The van der Waals surface area contributed by atoms with E-state index in [1.54, 1.807) is 7.11 Å². The highest BCUT2D eigenvalue weighted by atomic mass is 16.5. The van der Waals surface area contributed by atoms with Crippen LogP contribution >= 0.6 is 0 Å². The number of hydrogen-bond donors (Lipinski definition) is 2. The molecule has 1 aromatic rings. The number of carbonyl (C=O) groups excluding carboxylic acids is 1. The Balaban J connectivity index is 2.15. The molecule has 0 aromatic heterocycles. The molecule has 0 saturated carbocycles. The van der Waals surface area contributed by atoms with E-state index in [2.05, 4.69) is 10.6 Å². The molecule has 1 heterocycles. The van der Waals surface area contributed by atoms with Gasteiger partial charge in [0.2, 0.25) is 0 Å². The quantitative estimate of drug-likeness (QED) is 0.855. The summed E-state index contributed by atoms with van der Waals surface area (Å²) in [4.78, 5) is 12.4. The molecule has 19 heavy (non-hydrogen) atoms. The van der Waals surface area contributed by atoms with Crippen LogP contribution in [0.2, 0.25) is 0 Å². The topological polar surface area (TPSA) is 50.4 Å². The lowest BCUT2D eigenvalue weighted by Crippen LogP contribution is -2.38. The number of carbonyl (C=O) groups is 1. The van der Waals surface area contributed by atoms with Gasteiger partial charge in [-0.15, -0.1) is 0 Å². The first-order valence-corrected chi connectivity index (χ1v) is 6.91. The van der Waals surface area contributed by atoms with Gasteiger partial charge < -0.3 is 15.4 Å². The van der Waals surface area contributed by atoms with Crippen molar-refractivity contribution in [1.29, 1.82) is 0 Å². The second kappa shape index (κ2) is 6.57. The molecule has 1 unspecified atom stereocenters. The molecule has 0 aliphatic carbocycles. The smallest absolute Gasteiger partial charge is 0.251 e. The SMILES string of the molecule is CCC(COC)NC(=O)c1cccc2c1CCCN2. The first-order chi connectivity index (χ1) is 9.26. The predicted molar refractivity (Wildman–Crippen MR) is 76.7 cm³/mol. The van der Waals surface area contributed by atoms with E-state index < -0.39 is 0 Å². The van der Waals surface area contributed by atoms with Gasteiger partial charge in [0.1, 0.15) is 0 Å². The van der Waals surface area contributed by atoms with Gasteiger partial charge in [-0.2, -0.15) is 0 Å². The largest absolute Gasteiger partial charge is 0.385 e. The Kier molecular flexibility index (Phi) is 4.80. The molecule has 1 aliphatic heterocycles. The van der Waals surface area contributed by atoms with Crippen LogP contribution in [-0.4, -0.2) is 32.2 Å². The molecule has 0 bridgehead atoms. The van der Waals surface area contributed by atoms with Crippen molar-refractivity contribution in [2.24, 2.45) is 0 Å². The van der Waals surface area contributed by atoms with E-state index in [0.29, 0.717) is 6.61 Å². The molecule has 104 valence electrons. The molecule has 1 amide bonds. The summed E-state index contributed by atoms with van der Waals surface area (Å²) in [5.41, 5.74) is 3.02. The van der Waals surface area contributed by atoms with E-state index in [0.717, 1.165) is 42.6 Å². The van der Waals surface area contributed by atoms with Crippen LogP contribution in [0, 0.1) is 0 Å². The number of methoxy groups -OCH3 is 1. The molecule has 2 rings (SSSR count). The standard InChI is InChI=1S/C15H22N2O2/c1-3-11(10-19-2)17-15(18)13-6-4-8-14-12(13)7-5-9-16-14/h4,6,8,11,16H,3,5,7,9-10H2,1-2H3,(H,17,18). The second-order valence-corrected chi connectivity index (χ2v) is 4.90. The molecule has 0 saturated heterocycles. The Bertz CT molecular complexity index is 446. The van der Waals surface area contributed by atoms with E-state index in [1.165, 1.54) is 0 Å². The van der Waals surface area contributed by atoms with Crippen LogP contribution in [0.4, 0.5) is 5.69 Å². The number of amides is 1. The van der Waals surface area contributed by atoms with Crippen LogP contribution in [0.15, 0.2) is 18.2 Å². The summed E-state index contributed by atoms with van der Waals surface area (Å²) in [6.07, 6.45) is 2.91. The molecule has 1 aliphatic rings. The Hall–Kier alpha value is -1.55. The summed E-state index contributed by atoms with van der Waals surface area (Å²) >= 11 is 0. The Morgan fingerprint density at radius 3 is 3.11 bits per heavy atom. The maximum atomic E-state index is 12.4. The predicted octanol–water partition coefficient (Wildman–Crippen LogP) is 2.20. The van der Waals surface area contributed by atoms with Gasteiger partial charge in [0.15, 0.2) is 0 Å². The lowest BCUT2D eigenvalue weighted by molar-refractivity contribution is 0.0893. The van der Waals surface area contributed by atoms with Gasteiger partial charge in [0, 0.05) is 24.9 Å². The van der Waals surface area contributed by atoms with Gasteiger partial charge in [0.05, 0.1) is 12.6 Å². The Morgan fingerprint density at radius 2 is 2.37 bits per heavy atom. The summed E-state index contributed by atoms with van der Waals surface area (Å²) in [6, 6.07) is 5.95. The van der Waals surface area contributed by atoms with Crippen LogP contribution in [0.3, 0.4) is 0 Å². The van der Waals surface area contributed by atoms with E-state index >= 15 is 0 Å². The third-order valence-electron chi connectivity index (χ3n) is 3.54. The van der Waals surface area contributed by atoms with Gasteiger partial charge in [-0.3, -0.25) is 4.79 Å². The van der Waals surface area contributed by atoms with Gasteiger partial charge in [-0.25, -0.2) is 0 Å². The van der Waals surface area contributed by atoms with Crippen molar-refractivity contribution in [3.05, 3.63) is 29.3 Å². The number of nitrogens with one attached hydrogen (secondary N) is 2. The van der Waals surface area contributed by atoms with E-state index in [-0.39, 0.29) is 11.9 Å². The second-order valence-electron chi connectivity index (χ2n) is 4.90. The molecular weight excluding hydrogens is 240 g/mol. The van der Waals surface area contributed by atoms with Crippen molar-refractivity contribution < 1.29 is 9.53 Å². The van der Waals surface area contributed by atoms with Crippen molar-refractivity contribution in [2.45, 2.75) is 32.2 Å². The lowest BCUT2D eigenvalue weighted by atomic mass is 9.97. The lowest BCUT2D eigenvalue weighted by Gasteiger charge is -2.22. The average molecular weight is 262 g/mol. The number of fused-ring (bicyclic) bond motifs is 1. The van der Waals surface area contributed by atoms with Crippen molar-refractivity contribution in [3.8, 4) is 0 Å². The van der Waals surface area contributed by atoms with Crippen LogP contribution in [-0.2, 0) is 11.2 Å². The molecule has 2 N–H and O–H groups in total. The zero-order valence-electron chi connectivity index (χ0n) is 11.7. The number of rotatable bonds is 5. The van der Waals surface area contributed by atoms with Gasteiger partial charge >= 0.3 is 0 Å². The molecule has 0 radical (unpaired) electrons. The monoisotopic (exact) mass is 262 g/mol. The zero-order valence-corrected chi connectivity index (χ0v) is 11.7. The molecular formula is C15H22N2O2. The summed E-state index contributed by atoms with van der Waals surface area (Å²) in [7, 11) is 1.66. The van der Waals surface area contributed by atoms with Crippen molar-refractivity contribution >= 4 is 11.6 Å². The minimum atomic E-state index is 0.00412. The summed E-state index contributed by atoms with van der Waals surface area (Å²) < 4.78 is 5.12. The van der Waals surface area contributed by atoms with Crippen LogP contribution in [0.25, 0.3) is 0 Å². The molecule has 4 heteroatoms. The Labute approximate surface area is 114 Å². The highest BCUT2D eigenvalue weighted by molar-refractivity contribution is 5.97. The van der Waals surface area contributed by atoms with Crippen molar-refractivity contribution in [3.63, 3.8) is 0 Å². The normalized spacial score (nSPS) is 15.3. The highest BCUT2D eigenvalue weighted by Crippen LogP contribution is 2.25. The summed E-state index contributed by atoms with van der Waals surface area (Å²) in [5, 5.41) is 6.39. The minimum Gasteiger partial charge on any atom is -0.385 e. The summed E-state index contributed by atoms with van der Waals surface area (Å²) in [5.74, 6) is 0.00412. The molecule has 4 nitrogen and oxygen atoms in total. The Morgan fingerprint density at radius 1 is 1.53 bits per heavy atom. The molecule has 1 atom stereocenters. The van der Waals surface area contributed by atoms with E-state index in [4.69, 9.17) is 4.74 Å². The molecule has 1 aromatic carbocycles. The summed E-state index contributed by atoms with van der Waals surface area (Å²) in [6.45, 7) is 3.58. The van der Waals surface area contributed by atoms with Crippen LogP contribution in [0.1, 0.15) is 35.7 Å². The molecule has 0 fully saturated rings. The maximum Gasteiger partial charge on any atom is 0.251 e. The number of benzene rings is 1. The first kappa shape index (κ1) is 13.9. The van der Waals surface area contributed by atoms with Gasteiger partial charge in [-0.05, 0) is 37.0 Å². The third kappa shape index (κ3) is 3.26. The van der Waals surface area contributed by atoms with E-state index in [9.17, 15) is 4.79 Å². The number of ether oxygens (including phenoxy) is 1. The van der Waals surface area contributed by atoms with Gasteiger partial charge in [-0.1, -0.05) is 13.0 Å². The third-order valence-corrected chi connectivity index (χ3v) is 3.54. The zero-order chi connectivity index (χ0) is 13.7. The average Bonchev–Trinajstić information content (AvgIpc) is 2.46.